The van der Waals surface area contributed by atoms with Crippen LogP contribution in [-0.2, 0) is 6.54 Å². The molecule has 0 aliphatic heterocycles. The first-order valence-corrected chi connectivity index (χ1v) is 8.61. The highest BCUT2D eigenvalue weighted by Crippen LogP contribution is 2.15. The van der Waals surface area contributed by atoms with Crippen LogP contribution in [0.1, 0.15) is 29.9 Å². The van der Waals surface area contributed by atoms with Crippen LogP contribution in [0.2, 0.25) is 0 Å². The number of aromatic nitrogens is 1. The summed E-state index contributed by atoms with van der Waals surface area (Å²) in [6, 6.07) is 19.0. The Hall–Kier alpha value is -2.88. The first-order chi connectivity index (χ1) is 12.2. The molecule has 0 unspecified atom stereocenters. The van der Waals surface area contributed by atoms with Gasteiger partial charge in [0, 0.05) is 18.5 Å². The van der Waals surface area contributed by atoms with Crippen LogP contribution >= 0.6 is 0 Å². The molecule has 4 heteroatoms. The van der Waals surface area contributed by atoms with Gasteiger partial charge in [-0.1, -0.05) is 48.5 Å². The Bertz CT molecular complexity index is 941. The molecule has 0 atom stereocenters. The summed E-state index contributed by atoms with van der Waals surface area (Å²) in [5.74, 6) is -0.108. The van der Waals surface area contributed by atoms with Crippen LogP contribution in [0.3, 0.4) is 0 Å². The van der Waals surface area contributed by atoms with E-state index in [2.05, 4.69) is 0 Å². The van der Waals surface area contributed by atoms with Gasteiger partial charge in [-0.25, -0.2) is 0 Å². The number of amides is 1. The van der Waals surface area contributed by atoms with Crippen molar-refractivity contribution in [3.8, 4) is 0 Å². The van der Waals surface area contributed by atoms with Gasteiger partial charge in [0.2, 0.25) is 0 Å². The highest BCUT2D eigenvalue weighted by atomic mass is 16.2. The van der Waals surface area contributed by atoms with Crippen molar-refractivity contribution in [3.63, 3.8) is 0 Å². The number of rotatable bonds is 5. The maximum atomic E-state index is 13.0. The van der Waals surface area contributed by atoms with Crippen LogP contribution in [0.5, 0.6) is 0 Å². The Morgan fingerprint density at radius 2 is 1.60 bits per heavy atom. The minimum atomic E-state index is -0.127. The summed E-state index contributed by atoms with van der Waals surface area (Å²) in [5.41, 5.74) is 1.31. The highest BCUT2D eigenvalue weighted by Gasteiger charge is 2.19. The monoisotopic (exact) mass is 334 g/mol. The lowest BCUT2D eigenvalue weighted by atomic mass is 10.1. The van der Waals surface area contributed by atoms with Gasteiger partial charge in [-0.15, -0.1) is 0 Å². The van der Waals surface area contributed by atoms with Crippen molar-refractivity contribution in [2.45, 2.75) is 20.4 Å². The van der Waals surface area contributed by atoms with Crippen molar-refractivity contribution >= 4 is 16.7 Å². The maximum Gasteiger partial charge on any atom is 0.270 e. The molecule has 3 rings (SSSR count). The average molecular weight is 334 g/mol. The summed E-state index contributed by atoms with van der Waals surface area (Å²) in [6.45, 7) is 5.50. The van der Waals surface area contributed by atoms with Gasteiger partial charge in [0.15, 0.2) is 0 Å². The fraction of sp³-hybridized carbons (Fsp3) is 0.238. The molecular weight excluding hydrogens is 312 g/mol. The molecule has 2 aromatic carbocycles. The van der Waals surface area contributed by atoms with E-state index in [9.17, 15) is 9.59 Å². The predicted molar refractivity (Wildman–Crippen MR) is 101 cm³/mol. The molecule has 0 bridgehead atoms. The molecule has 0 radical (unpaired) electrons. The van der Waals surface area contributed by atoms with Crippen LogP contribution in [-0.4, -0.2) is 28.5 Å². The third kappa shape index (κ3) is 3.33. The quantitative estimate of drug-likeness (QED) is 0.716. The maximum absolute atomic E-state index is 13.0. The molecule has 3 aromatic rings. The van der Waals surface area contributed by atoms with Gasteiger partial charge in [0.05, 0.1) is 6.54 Å². The third-order valence-corrected chi connectivity index (χ3v) is 4.47. The first kappa shape index (κ1) is 17.0. The summed E-state index contributed by atoms with van der Waals surface area (Å²) in [4.78, 5) is 27.8. The lowest BCUT2D eigenvalue weighted by Gasteiger charge is -2.22. The molecule has 0 aliphatic rings. The van der Waals surface area contributed by atoms with Gasteiger partial charge in [-0.05, 0) is 36.9 Å². The number of pyridine rings is 1. The normalized spacial score (nSPS) is 10.8. The summed E-state index contributed by atoms with van der Waals surface area (Å²) >= 11 is 0. The molecule has 0 N–H and O–H groups in total. The molecule has 0 saturated carbocycles. The van der Waals surface area contributed by atoms with Gasteiger partial charge in [-0.3, -0.25) is 14.2 Å². The fourth-order valence-corrected chi connectivity index (χ4v) is 3.07. The zero-order valence-corrected chi connectivity index (χ0v) is 14.6. The van der Waals surface area contributed by atoms with Crippen LogP contribution in [0, 0.1) is 0 Å². The second-order valence-corrected chi connectivity index (χ2v) is 5.97. The van der Waals surface area contributed by atoms with Crippen LogP contribution in [0.15, 0.2) is 65.5 Å². The van der Waals surface area contributed by atoms with Gasteiger partial charge in [-0.2, -0.15) is 0 Å². The topological polar surface area (TPSA) is 42.3 Å². The van der Waals surface area contributed by atoms with E-state index in [4.69, 9.17) is 0 Å². The molecule has 1 aromatic heterocycles. The zero-order valence-electron chi connectivity index (χ0n) is 14.6. The number of carbonyl (C=O) groups is 1. The van der Waals surface area contributed by atoms with Gasteiger partial charge < -0.3 is 4.90 Å². The SMILES string of the molecule is CCN(CC)C(=O)c1cc2ccccc2c(=O)n1Cc1ccccc1. The molecule has 0 aliphatic carbocycles. The smallest absolute Gasteiger partial charge is 0.270 e. The van der Waals surface area contributed by atoms with E-state index >= 15 is 0 Å². The van der Waals surface area contributed by atoms with E-state index in [0.717, 1.165) is 10.9 Å². The molecular formula is C21H22N2O2. The van der Waals surface area contributed by atoms with Crippen molar-refractivity contribution in [2.24, 2.45) is 0 Å². The van der Waals surface area contributed by atoms with E-state index in [1.807, 2.05) is 74.5 Å². The van der Waals surface area contributed by atoms with Crippen molar-refractivity contribution in [1.82, 2.24) is 9.47 Å². The summed E-state index contributed by atoms with van der Waals surface area (Å²) in [7, 11) is 0. The van der Waals surface area contributed by atoms with E-state index in [-0.39, 0.29) is 11.5 Å². The van der Waals surface area contributed by atoms with Gasteiger partial charge >= 0.3 is 0 Å². The lowest BCUT2D eigenvalue weighted by molar-refractivity contribution is 0.0761. The van der Waals surface area contributed by atoms with E-state index < -0.39 is 0 Å². The average Bonchev–Trinajstić information content (AvgIpc) is 2.65. The molecule has 4 nitrogen and oxygen atoms in total. The second kappa shape index (κ2) is 7.34. The van der Waals surface area contributed by atoms with Crippen molar-refractivity contribution in [3.05, 3.63) is 82.3 Å². The second-order valence-electron chi connectivity index (χ2n) is 5.97. The summed E-state index contributed by atoms with van der Waals surface area (Å²) < 4.78 is 1.60. The highest BCUT2D eigenvalue weighted by molar-refractivity contribution is 5.96. The lowest BCUT2D eigenvalue weighted by Crippen LogP contribution is -2.36. The number of benzene rings is 2. The Kier molecular flexibility index (Phi) is 4.98. The molecule has 25 heavy (non-hydrogen) atoms. The molecule has 1 heterocycles. The zero-order chi connectivity index (χ0) is 17.8. The van der Waals surface area contributed by atoms with E-state index in [1.54, 1.807) is 9.47 Å². The summed E-state index contributed by atoms with van der Waals surface area (Å²) in [6.07, 6.45) is 0. The standard InChI is InChI=1S/C21H22N2O2/c1-3-22(4-2)21(25)19-14-17-12-8-9-13-18(17)20(24)23(19)15-16-10-6-5-7-11-16/h5-14H,3-4,15H2,1-2H3. The first-order valence-electron chi connectivity index (χ1n) is 8.61. The number of fused-ring (bicyclic) bond motifs is 1. The van der Waals surface area contributed by atoms with Gasteiger partial charge in [0.25, 0.3) is 11.5 Å². The number of hydrogen-bond donors (Lipinski definition) is 0. The largest absolute Gasteiger partial charge is 0.338 e. The molecule has 0 spiro atoms. The predicted octanol–water partition coefficient (Wildman–Crippen LogP) is 3.53. The van der Waals surface area contributed by atoms with Crippen LogP contribution in [0.4, 0.5) is 0 Å². The number of carbonyl (C=O) groups excluding carboxylic acids is 1. The molecule has 128 valence electrons. The minimum Gasteiger partial charge on any atom is -0.338 e. The van der Waals surface area contributed by atoms with Crippen LogP contribution < -0.4 is 5.56 Å². The Morgan fingerprint density at radius 3 is 2.28 bits per heavy atom. The molecule has 1 amide bonds. The van der Waals surface area contributed by atoms with Crippen molar-refractivity contribution in [2.75, 3.05) is 13.1 Å². The van der Waals surface area contributed by atoms with Crippen molar-refractivity contribution < 1.29 is 4.79 Å². The Balaban J connectivity index is 2.20. The molecule has 0 fully saturated rings. The van der Waals surface area contributed by atoms with E-state index in [0.29, 0.717) is 30.7 Å². The fourth-order valence-electron chi connectivity index (χ4n) is 3.07. The van der Waals surface area contributed by atoms with Crippen molar-refractivity contribution in [1.29, 1.82) is 0 Å². The van der Waals surface area contributed by atoms with E-state index in [1.165, 1.54) is 0 Å². The minimum absolute atomic E-state index is 0.108. The summed E-state index contributed by atoms with van der Waals surface area (Å²) in [5, 5.41) is 1.43. The van der Waals surface area contributed by atoms with Crippen LogP contribution in [0.25, 0.3) is 10.8 Å². The van der Waals surface area contributed by atoms with Gasteiger partial charge in [0.1, 0.15) is 5.69 Å². The third-order valence-electron chi connectivity index (χ3n) is 4.47. The molecule has 0 saturated heterocycles. The number of hydrogen-bond acceptors (Lipinski definition) is 2. The Labute approximate surface area is 147 Å². The Morgan fingerprint density at radius 1 is 0.960 bits per heavy atom. The number of nitrogens with zero attached hydrogens (tertiary/aromatic N) is 2.